The Hall–Kier alpha value is -2.44. The quantitative estimate of drug-likeness (QED) is 0.0290. The highest BCUT2D eigenvalue weighted by Gasteiger charge is 2.16. The maximum atomic E-state index is 12.2. The summed E-state index contributed by atoms with van der Waals surface area (Å²) in [6, 6.07) is 0. The van der Waals surface area contributed by atoms with Crippen LogP contribution in [0.1, 0.15) is 181 Å². The second kappa shape index (κ2) is 38.8. The molecule has 0 aliphatic carbocycles. The Balaban J connectivity index is 3.64. The van der Waals surface area contributed by atoms with Crippen molar-refractivity contribution in [1.82, 2.24) is 0 Å². The van der Waals surface area contributed by atoms with Crippen LogP contribution < -0.4 is 0 Å². The molecule has 0 aliphatic rings. The maximum Gasteiger partial charge on any atom is 0.306 e. The van der Waals surface area contributed by atoms with E-state index < -0.39 is 6.10 Å². The Morgan fingerprint density at radius 1 is 0.588 bits per heavy atom. The Kier molecular flexibility index (Phi) is 36.9. The third kappa shape index (κ3) is 38.6. The van der Waals surface area contributed by atoms with E-state index in [1.54, 1.807) is 6.08 Å². The number of rotatable bonds is 36. The van der Waals surface area contributed by atoms with Crippen molar-refractivity contribution in [2.24, 2.45) is 5.92 Å². The van der Waals surface area contributed by atoms with Gasteiger partial charge in [0.2, 0.25) is 0 Å². The fourth-order valence-corrected chi connectivity index (χ4v) is 5.61. The minimum atomic E-state index is -0.804. The molecule has 6 heteroatoms. The molecule has 0 fully saturated rings. The zero-order chi connectivity index (χ0) is 37.5. The topological polar surface area (TPSA) is 93.1 Å². The lowest BCUT2D eigenvalue weighted by Crippen LogP contribution is -2.28. The van der Waals surface area contributed by atoms with E-state index in [1.165, 1.54) is 89.9 Å². The minimum absolute atomic E-state index is 0.106. The van der Waals surface area contributed by atoms with Crippen LogP contribution in [0.4, 0.5) is 0 Å². The molecular formula is C45H78O6. The van der Waals surface area contributed by atoms with Gasteiger partial charge in [0.1, 0.15) is 6.61 Å². The van der Waals surface area contributed by atoms with Gasteiger partial charge in [-0.1, -0.05) is 184 Å². The lowest BCUT2D eigenvalue weighted by atomic mass is 10.0. The molecule has 0 saturated heterocycles. The van der Waals surface area contributed by atoms with E-state index in [9.17, 15) is 19.8 Å². The van der Waals surface area contributed by atoms with E-state index in [0.29, 0.717) is 19.3 Å². The van der Waals surface area contributed by atoms with Crippen LogP contribution in [0.25, 0.3) is 0 Å². The lowest BCUT2D eigenvalue weighted by Gasteiger charge is -2.15. The van der Waals surface area contributed by atoms with Crippen molar-refractivity contribution >= 4 is 11.9 Å². The van der Waals surface area contributed by atoms with Gasteiger partial charge in [-0.05, 0) is 50.9 Å². The first-order valence-electron chi connectivity index (χ1n) is 20.8. The third-order valence-corrected chi connectivity index (χ3v) is 8.91. The molecule has 294 valence electrons. The van der Waals surface area contributed by atoms with E-state index in [2.05, 4.69) is 56.4 Å². The lowest BCUT2D eigenvalue weighted by molar-refractivity contribution is -0.161. The average molecular weight is 715 g/mol. The third-order valence-electron chi connectivity index (χ3n) is 8.91. The molecule has 0 unspecified atom stereocenters. The molecule has 2 atom stereocenters. The van der Waals surface area contributed by atoms with Crippen LogP contribution in [0.3, 0.4) is 0 Å². The first-order valence-corrected chi connectivity index (χ1v) is 20.8. The summed E-state index contributed by atoms with van der Waals surface area (Å²) < 4.78 is 10.6. The summed E-state index contributed by atoms with van der Waals surface area (Å²) in [6.07, 6.45) is 46.7. The number of esters is 2. The summed E-state index contributed by atoms with van der Waals surface area (Å²) in [7, 11) is 0. The number of unbranched alkanes of at least 4 members (excludes halogenated alkanes) is 16. The predicted octanol–water partition coefficient (Wildman–Crippen LogP) is 12.0. The smallest absolute Gasteiger partial charge is 0.306 e. The molecule has 0 aliphatic heterocycles. The zero-order valence-corrected chi connectivity index (χ0v) is 33.1. The highest BCUT2D eigenvalue weighted by molar-refractivity contribution is 5.70. The number of aliphatic hydroxyl groups excluding tert-OH is 2. The van der Waals surface area contributed by atoms with Crippen molar-refractivity contribution in [3.63, 3.8) is 0 Å². The number of ether oxygens (including phenoxy) is 2. The molecule has 0 radical (unpaired) electrons. The Labute approximate surface area is 313 Å². The summed E-state index contributed by atoms with van der Waals surface area (Å²) in [5, 5.41) is 19.0. The van der Waals surface area contributed by atoms with Gasteiger partial charge in [0.05, 0.1) is 12.7 Å². The molecule has 0 aromatic heterocycles. The number of carbonyl (C=O) groups is 2. The van der Waals surface area contributed by atoms with Gasteiger partial charge < -0.3 is 19.7 Å². The molecule has 0 heterocycles. The highest BCUT2D eigenvalue weighted by Crippen LogP contribution is 2.15. The maximum absolute atomic E-state index is 12.2. The second-order valence-electron chi connectivity index (χ2n) is 14.4. The SMILES string of the molecule is CC[C@H](O)/C=C/C=C\C/C=C\C/C=C\C/C=C\CCCC(=O)OC[C@H](CO)OC(=O)CCCCCCCCCCCCCCCCCCC(C)C. The fraction of sp³-hybridized carbons (Fsp3) is 0.733. The van der Waals surface area contributed by atoms with Gasteiger partial charge in [-0.2, -0.15) is 0 Å². The van der Waals surface area contributed by atoms with Crippen LogP contribution in [-0.2, 0) is 19.1 Å². The number of aliphatic hydroxyl groups is 2. The van der Waals surface area contributed by atoms with Crippen molar-refractivity contribution in [2.45, 2.75) is 193 Å². The predicted molar refractivity (Wildman–Crippen MR) is 216 cm³/mol. The van der Waals surface area contributed by atoms with Gasteiger partial charge in [0, 0.05) is 12.8 Å². The number of carbonyl (C=O) groups excluding carboxylic acids is 2. The van der Waals surface area contributed by atoms with Gasteiger partial charge in [-0.15, -0.1) is 0 Å². The van der Waals surface area contributed by atoms with Crippen LogP contribution in [-0.4, -0.2) is 47.6 Å². The van der Waals surface area contributed by atoms with E-state index in [1.807, 2.05) is 19.1 Å². The van der Waals surface area contributed by atoms with Crippen LogP contribution in [0.15, 0.2) is 60.8 Å². The van der Waals surface area contributed by atoms with Crippen LogP contribution in [0, 0.1) is 5.92 Å². The molecule has 6 nitrogen and oxygen atoms in total. The molecular weight excluding hydrogens is 636 g/mol. The Morgan fingerprint density at radius 3 is 1.57 bits per heavy atom. The van der Waals surface area contributed by atoms with Crippen molar-refractivity contribution < 1.29 is 29.3 Å². The van der Waals surface area contributed by atoms with E-state index in [0.717, 1.165) is 57.3 Å². The van der Waals surface area contributed by atoms with Crippen molar-refractivity contribution in [2.75, 3.05) is 13.2 Å². The largest absolute Gasteiger partial charge is 0.462 e. The number of allylic oxidation sites excluding steroid dienone is 9. The molecule has 0 amide bonds. The Morgan fingerprint density at radius 2 is 1.06 bits per heavy atom. The molecule has 0 aromatic rings. The van der Waals surface area contributed by atoms with Crippen molar-refractivity contribution in [1.29, 1.82) is 0 Å². The second-order valence-corrected chi connectivity index (χ2v) is 14.4. The van der Waals surface area contributed by atoms with E-state index in [-0.39, 0.29) is 31.3 Å². The molecule has 0 aromatic carbocycles. The summed E-state index contributed by atoms with van der Waals surface area (Å²) in [5.74, 6) is 0.174. The summed E-state index contributed by atoms with van der Waals surface area (Å²) >= 11 is 0. The van der Waals surface area contributed by atoms with Crippen molar-refractivity contribution in [3.05, 3.63) is 60.8 Å². The van der Waals surface area contributed by atoms with E-state index in [4.69, 9.17) is 9.47 Å². The van der Waals surface area contributed by atoms with Gasteiger partial charge in [-0.25, -0.2) is 0 Å². The first-order chi connectivity index (χ1) is 24.9. The normalized spacial score (nSPS) is 13.5. The van der Waals surface area contributed by atoms with Crippen LogP contribution in [0.2, 0.25) is 0 Å². The Bertz CT molecular complexity index is 931. The summed E-state index contributed by atoms with van der Waals surface area (Å²) in [5.41, 5.74) is 0. The van der Waals surface area contributed by atoms with Gasteiger partial charge in [0.25, 0.3) is 0 Å². The van der Waals surface area contributed by atoms with E-state index >= 15 is 0 Å². The molecule has 2 N–H and O–H groups in total. The zero-order valence-electron chi connectivity index (χ0n) is 33.1. The summed E-state index contributed by atoms with van der Waals surface area (Å²) in [6.45, 7) is 6.12. The molecule has 0 rings (SSSR count). The summed E-state index contributed by atoms with van der Waals surface area (Å²) in [4.78, 5) is 24.3. The molecule has 0 spiro atoms. The van der Waals surface area contributed by atoms with Gasteiger partial charge in [0.15, 0.2) is 6.10 Å². The molecule has 0 bridgehead atoms. The molecule has 51 heavy (non-hydrogen) atoms. The van der Waals surface area contributed by atoms with Crippen LogP contribution >= 0.6 is 0 Å². The average Bonchev–Trinajstić information content (AvgIpc) is 3.12. The minimum Gasteiger partial charge on any atom is -0.462 e. The monoisotopic (exact) mass is 715 g/mol. The van der Waals surface area contributed by atoms with Crippen LogP contribution in [0.5, 0.6) is 0 Å². The molecule has 0 saturated carbocycles. The van der Waals surface area contributed by atoms with Gasteiger partial charge >= 0.3 is 11.9 Å². The van der Waals surface area contributed by atoms with Crippen molar-refractivity contribution in [3.8, 4) is 0 Å². The highest BCUT2D eigenvalue weighted by atomic mass is 16.6. The number of hydrogen-bond acceptors (Lipinski definition) is 6. The standard InChI is InChI=1S/C45H78O6/c1-4-42(47)36-32-28-24-20-16-12-9-10-13-17-21-25-29-33-37-44(48)50-40-43(39-46)51-45(49)38-34-30-26-22-18-14-8-6-5-7-11-15-19-23-27-31-35-41(2)3/h10,12-13,16,21,24-25,28,32,36,41-43,46-47H,4-9,11,14-15,17-20,22-23,26-27,29-31,33-35,37-40H2,1-3H3/b13-10-,16-12-,25-21-,28-24-,36-32+/t42-,43-/m0/s1. The fourth-order valence-electron chi connectivity index (χ4n) is 5.61. The number of hydrogen-bond donors (Lipinski definition) is 2. The van der Waals surface area contributed by atoms with Gasteiger partial charge in [-0.3, -0.25) is 9.59 Å². The first kappa shape index (κ1) is 48.6.